The molecule has 0 unspecified atom stereocenters. The first-order chi connectivity index (χ1) is 8.65. The average Bonchev–Trinajstić information content (AvgIpc) is 2.38. The molecule has 1 aromatic heterocycles. The van der Waals surface area contributed by atoms with Crippen molar-refractivity contribution in [2.75, 3.05) is 7.11 Å². The molecule has 0 saturated carbocycles. The first-order valence-corrected chi connectivity index (χ1v) is 6.27. The van der Waals surface area contributed by atoms with Crippen molar-refractivity contribution in [2.45, 2.75) is 12.7 Å². The van der Waals surface area contributed by atoms with Crippen LogP contribution in [0.5, 0.6) is 5.75 Å². The smallest absolute Gasteiger partial charge is 0.252 e. The number of benzene rings is 1. The van der Waals surface area contributed by atoms with Crippen LogP contribution in [0.4, 0.5) is 0 Å². The standard InChI is InChI=1S/C14H15NO2S/c1-9-7-10(4-6-13(9)17-2)12-5-3-11(8-18)14(16)15-12/h3-7,18H,8H2,1-2H3,(H,15,16). The van der Waals surface area contributed by atoms with Crippen LogP contribution in [0.3, 0.4) is 0 Å². The van der Waals surface area contributed by atoms with Gasteiger partial charge in [-0.05, 0) is 42.3 Å². The number of hydrogen-bond donors (Lipinski definition) is 2. The third-order valence-corrected chi connectivity index (χ3v) is 3.21. The van der Waals surface area contributed by atoms with Crippen LogP contribution in [-0.4, -0.2) is 12.1 Å². The molecule has 0 spiro atoms. The van der Waals surface area contributed by atoms with Crippen molar-refractivity contribution in [1.29, 1.82) is 0 Å². The molecule has 1 aromatic carbocycles. The molecule has 1 N–H and O–H groups in total. The van der Waals surface area contributed by atoms with Gasteiger partial charge in [-0.25, -0.2) is 0 Å². The van der Waals surface area contributed by atoms with Gasteiger partial charge in [0.05, 0.1) is 7.11 Å². The fraction of sp³-hybridized carbons (Fsp3) is 0.214. The van der Waals surface area contributed by atoms with Gasteiger partial charge >= 0.3 is 0 Å². The zero-order chi connectivity index (χ0) is 13.1. The normalized spacial score (nSPS) is 10.4. The monoisotopic (exact) mass is 261 g/mol. The molecule has 94 valence electrons. The Labute approximate surface area is 111 Å². The van der Waals surface area contributed by atoms with E-state index in [1.807, 2.05) is 31.2 Å². The minimum Gasteiger partial charge on any atom is -0.496 e. The third kappa shape index (κ3) is 2.43. The summed E-state index contributed by atoms with van der Waals surface area (Å²) in [6.07, 6.45) is 0. The Kier molecular flexibility index (Phi) is 3.77. The lowest BCUT2D eigenvalue weighted by molar-refractivity contribution is 0.412. The number of thiol groups is 1. The molecule has 0 aliphatic rings. The van der Waals surface area contributed by atoms with E-state index in [0.717, 1.165) is 22.6 Å². The first kappa shape index (κ1) is 12.8. The first-order valence-electron chi connectivity index (χ1n) is 5.63. The highest BCUT2D eigenvalue weighted by Crippen LogP contribution is 2.24. The van der Waals surface area contributed by atoms with Gasteiger partial charge in [0.25, 0.3) is 5.56 Å². The number of aryl methyl sites for hydroxylation is 1. The summed E-state index contributed by atoms with van der Waals surface area (Å²) in [6, 6.07) is 9.52. The highest BCUT2D eigenvalue weighted by atomic mass is 32.1. The molecule has 0 radical (unpaired) electrons. The predicted molar refractivity (Wildman–Crippen MR) is 76.5 cm³/mol. The Morgan fingerprint density at radius 1 is 1.28 bits per heavy atom. The van der Waals surface area contributed by atoms with E-state index in [0.29, 0.717) is 11.3 Å². The Morgan fingerprint density at radius 3 is 2.61 bits per heavy atom. The zero-order valence-electron chi connectivity index (χ0n) is 10.4. The number of rotatable bonds is 3. The second kappa shape index (κ2) is 5.31. The van der Waals surface area contributed by atoms with Gasteiger partial charge in [-0.1, -0.05) is 6.07 Å². The number of hydrogen-bond acceptors (Lipinski definition) is 3. The lowest BCUT2D eigenvalue weighted by atomic mass is 10.1. The predicted octanol–water partition coefficient (Wildman–Crippen LogP) is 2.79. The second-order valence-corrected chi connectivity index (χ2v) is 4.39. The number of aromatic nitrogens is 1. The molecule has 2 aromatic rings. The molecule has 0 fully saturated rings. The van der Waals surface area contributed by atoms with Gasteiger partial charge in [0.1, 0.15) is 5.75 Å². The summed E-state index contributed by atoms with van der Waals surface area (Å²) in [4.78, 5) is 14.6. The van der Waals surface area contributed by atoms with Crippen molar-refractivity contribution in [3.63, 3.8) is 0 Å². The number of H-pyrrole nitrogens is 1. The van der Waals surface area contributed by atoms with Crippen molar-refractivity contribution < 1.29 is 4.74 Å². The Morgan fingerprint density at radius 2 is 2.06 bits per heavy atom. The van der Waals surface area contributed by atoms with Crippen molar-refractivity contribution in [3.05, 3.63) is 51.8 Å². The van der Waals surface area contributed by atoms with Crippen LogP contribution in [0.15, 0.2) is 35.1 Å². The van der Waals surface area contributed by atoms with Gasteiger partial charge in [0, 0.05) is 17.0 Å². The van der Waals surface area contributed by atoms with Crippen LogP contribution >= 0.6 is 12.6 Å². The van der Waals surface area contributed by atoms with Gasteiger partial charge in [-0.2, -0.15) is 12.6 Å². The maximum absolute atomic E-state index is 11.7. The largest absolute Gasteiger partial charge is 0.496 e. The van der Waals surface area contributed by atoms with Gasteiger partial charge in [-0.15, -0.1) is 0 Å². The molecule has 4 heteroatoms. The number of ether oxygens (including phenoxy) is 1. The molecule has 0 amide bonds. The fourth-order valence-corrected chi connectivity index (χ4v) is 2.09. The maximum atomic E-state index is 11.7. The molecule has 0 aliphatic carbocycles. The van der Waals surface area contributed by atoms with Gasteiger partial charge in [0.15, 0.2) is 0 Å². The number of nitrogens with one attached hydrogen (secondary N) is 1. The van der Waals surface area contributed by atoms with Gasteiger partial charge < -0.3 is 9.72 Å². The lowest BCUT2D eigenvalue weighted by Crippen LogP contribution is -2.11. The number of pyridine rings is 1. The van der Waals surface area contributed by atoms with E-state index < -0.39 is 0 Å². The van der Waals surface area contributed by atoms with E-state index in [2.05, 4.69) is 17.6 Å². The minimum absolute atomic E-state index is 0.0871. The summed E-state index contributed by atoms with van der Waals surface area (Å²) in [5.41, 5.74) is 3.39. The van der Waals surface area contributed by atoms with Crippen molar-refractivity contribution in [2.24, 2.45) is 0 Å². The van der Waals surface area contributed by atoms with Gasteiger partial charge in [0.2, 0.25) is 0 Å². The summed E-state index contributed by atoms with van der Waals surface area (Å²) < 4.78 is 5.21. The van der Waals surface area contributed by atoms with Gasteiger partial charge in [-0.3, -0.25) is 4.79 Å². The molecule has 2 rings (SSSR count). The molecule has 0 bridgehead atoms. The second-order valence-electron chi connectivity index (χ2n) is 4.07. The average molecular weight is 261 g/mol. The van der Waals surface area contributed by atoms with E-state index in [9.17, 15) is 4.79 Å². The molecule has 0 saturated heterocycles. The molecule has 0 aliphatic heterocycles. The minimum atomic E-state index is -0.0871. The van der Waals surface area contributed by atoms with E-state index >= 15 is 0 Å². The molecular weight excluding hydrogens is 246 g/mol. The summed E-state index contributed by atoms with van der Waals surface area (Å²) in [5, 5.41) is 0. The van der Waals surface area contributed by atoms with Crippen LogP contribution in [0.2, 0.25) is 0 Å². The third-order valence-electron chi connectivity index (χ3n) is 2.87. The van der Waals surface area contributed by atoms with Crippen LogP contribution in [0, 0.1) is 6.92 Å². The van der Waals surface area contributed by atoms with Crippen molar-refractivity contribution >= 4 is 12.6 Å². The fourth-order valence-electron chi connectivity index (χ4n) is 1.84. The number of methoxy groups -OCH3 is 1. The highest BCUT2D eigenvalue weighted by Gasteiger charge is 2.04. The SMILES string of the molecule is COc1ccc(-c2ccc(CS)c(=O)[nH]2)cc1C. The van der Waals surface area contributed by atoms with E-state index in [-0.39, 0.29) is 5.56 Å². The number of aromatic amines is 1. The zero-order valence-corrected chi connectivity index (χ0v) is 11.3. The van der Waals surface area contributed by atoms with E-state index in [1.165, 1.54) is 0 Å². The summed E-state index contributed by atoms with van der Waals surface area (Å²) >= 11 is 4.11. The maximum Gasteiger partial charge on any atom is 0.252 e. The highest BCUT2D eigenvalue weighted by molar-refractivity contribution is 7.79. The summed E-state index contributed by atoms with van der Waals surface area (Å²) in [6.45, 7) is 1.97. The summed E-state index contributed by atoms with van der Waals surface area (Å²) in [7, 11) is 1.64. The Bertz CT molecular complexity index is 619. The Hall–Kier alpha value is -1.68. The molecule has 18 heavy (non-hydrogen) atoms. The lowest BCUT2D eigenvalue weighted by Gasteiger charge is -2.08. The Balaban J connectivity index is 2.46. The molecular formula is C14H15NO2S. The molecule has 1 heterocycles. The molecule has 3 nitrogen and oxygen atoms in total. The van der Waals surface area contributed by atoms with Crippen molar-refractivity contribution in [1.82, 2.24) is 4.98 Å². The topological polar surface area (TPSA) is 42.1 Å². The van der Waals surface area contributed by atoms with E-state index in [4.69, 9.17) is 4.74 Å². The van der Waals surface area contributed by atoms with Crippen LogP contribution < -0.4 is 10.3 Å². The summed E-state index contributed by atoms with van der Waals surface area (Å²) in [5.74, 6) is 1.28. The molecule has 0 atom stereocenters. The van der Waals surface area contributed by atoms with Crippen molar-refractivity contribution in [3.8, 4) is 17.0 Å². The van der Waals surface area contributed by atoms with Crippen LogP contribution in [0.25, 0.3) is 11.3 Å². The quantitative estimate of drug-likeness (QED) is 0.834. The van der Waals surface area contributed by atoms with Crippen LogP contribution in [-0.2, 0) is 5.75 Å². The van der Waals surface area contributed by atoms with Crippen LogP contribution in [0.1, 0.15) is 11.1 Å². The van der Waals surface area contributed by atoms with E-state index in [1.54, 1.807) is 13.2 Å².